The largest absolute Gasteiger partial charge is 0.343 e. The molecule has 2 aromatic rings. The second-order valence-corrected chi connectivity index (χ2v) is 5.89. The Labute approximate surface area is 114 Å². The van der Waals surface area contributed by atoms with Gasteiger partial charge in [0.25, 0.3) is 0 Å². The van der Waals surface area contributed by atoms with Crippen molar-refractivity contribution in [2.45, 2.75) is 30.2 Å². The van der Waals surface area contributed by atoms with Crippen molar-refractivity contribution in [3.8, 4) is 0 Å². The first kappa shape index (κ1) is 12.1. The van der Waals surface area contributed by atoms with Gasteiger partial charge in [-0.2, -0.15) is 0 Å². The van der Waals surface area contributed by atoms with Gasteiger partial charge in [-0.05, 0) is 50.0 Å². The van der Waals surface area contributed by atoms with Crippen LogP contribution in [0.15, 0.2) is 35.4 Å². The third-order valence-electron chi connectivity index (χ3n) is 3.95. The highest BCUT2D eigenvalue weighted by Crippen LogP contribution is 2.27. The SMILES string of the molecule is CN1CCCCC(n2ccc3ccc(S)cc32)C1. The van der Waals surface area contributed by atoms with Crippen LogP contribution in [0, 0.1) is 0 Å². The highest BCUT2D eigenvalue weighted by atomic mass is 32.1. The van der Waals surface area contributed by atoms with Crippen molar-refractivity contribution in [3.63, 3.8) is 0 Å². The van der Waals surface area contributed by atoms with Crippen LogP contribution in [0.3, 0.4) is 0 Å². The van der Waals surface area contributed by atoms with E-state index >= 15 is 0 Å². The van der Waals surface area contributed by atoms with E-state index in [9.17, 15) is 0 Å². The molecule has 3 rings (SSSR count). The zero-order valence-electron chi connectivity index (χ0n) is 10.8. The number of thiol groups is 1. The maximum absolute atomic E-state index is 4.46. The Bertz CT molecular complexity index is 546. The quantitative estimate of drug-likeness (QED) is 0.770. The molecule has 1 fully saturated rings. The van der Waals surface area contributed by atoms with Crippen LogP contribution in [0.2, 0.25) is 0 Å². The van der Waals surface area contributed by atoms with Crippen LogP contribution in [0.5, 0.6) is 0 Å². The number of nitrogens with zero attached hydrogens (tertiary/aromatic N) is 2. The van der Waals surface area contributed by atoms with Gasteiger partial charge in [-0.1, -0.05) is 12.5 Å². The van der Waals surface area contributed by atoms with Gasteiger partial charge in [0.2, 0.25) is 0 Å². The van der Waals surface area contributed by atoms with Crippen LogP contribution >= 0.6 is 12.6 Å². The molecule has 96 valence electrons. The van der Waals surface area contributed by atoms with Crippen LogP contribution < -0.4 is 0 Å². The molecule has 0 aliphatic carbocycles. The fourth-order valence-electron chi connectivity index (χ4n) is 2.99. The molecular formula is C15H20N2S. The lowest BCUT2D eigenvalue weighted by Crippen LogP contribution is -2.25. The Hall–Kier alpha value is -0.930. The van der Waals surface area contributed by atoms with Crippen molar-refractivity contribution in [3.05, 3.63) is 30.5 Å². The van der Waals surface area contributed by atoms with E-state index in [0.717, 1.165) is 11.4 Å². The first-order chi connectivity index (χ1) is 8.74. The van der Waals surface area contributed by atoms with Gasteiger partial charge < -0.3 is 9.47 Å². The number of hydrogen-bond donors (Lipinski definition) is 1. The van der Waals surface area contributed by atoms with Crippen molar-refractivity contribution in [2.24, 2.45) is 0 Å². The summed E-state index contributed by atoms with van der Waals surface area (Å²) in [4.78, 5) is 3.50. The third-order valence-corrected chi connectivity index (χ3v) is 4.23. The first-order valence-electron chi connectivity index (χ1n) is 6.72. The number of likely N-dealkylation sites (N-methyl/N-ethyl adjacent to an activating group) is 1. The second-order valence-electron chi connectivity index (χ2n) is 5.38. The zero-order valence-corrected chi connectivity index (χ0v) is 11.7. The molecule has 0 N–H and O–H groups in total. The average molecular weight is 260 g/mol. The molecule has 3 heteroatoms. The summed E-state index contributed by atoms with van der Waals surface area (Å²) < 4.78 is 2.44. The minimum Gasteiger partial charge on any atom is -0.343 e. The van der Waals surface area contributed by atoms with Gasteiger partial charge in [0.1, 0.15) is 0 Å². The summed E-state index contributed by atoms with van der Waals surface area (Å²) in [5, 5.41) is 1.32. The summed E-state index contributed by atoms with van der Waals surface area (Å²) in [6, 6.07) is 9.23. The highest BCUT2D eigenvalue weighted by Gasteiger charge is 2.18. The molecule has 2 nitrogen and oxygen atoms in total. The molecule has 2 heterocycles. The predicted octanol–water partition coefficient (Wildman–Crippen LogP) is 3.59. The van der Waals surface area contributed by atoms with E-state index < -0.39 is 0 Å². The van der Waals surface area contributed by atoms with Gasteiger partial charge >= 0.3 is 0 Å². The predicted molar refractivity (Wildman–Crippen MR) is 79.6 cm³/mol. The fraction of sp³-hybridized carbons (Fsp3) is 0.467. The summed E-state index contributed by atoms with van der Waals surface area (Å²) in [6.45, 7) is 2.38. The minimum absolute atomic E-state index is 0.602. The van der Waals surface area contributed by atoms with Gasteiger partial charge in [-0.25, -0.2) is 0 Å². The number of benzene rings is 1. The number of hydrogen-bond acceptors (Lipinski definition) is 2. The molecule has 1 aromatic carbocycles. The first-order valence-corrected chi connectivity index (χ1v) is 7.17. The zero-order chi connectivity index (χ0) is 12.5. The summed E-state index contributed by atoms with van der Waals surface area (Å²) in [5.41, 5.74) is 1.32. The molecular weight excluding hydrogens is 240 g/mol. The minimum atomic E-state index is 0.602. The Kier molecular flexibility index (Phi) is 3.35. The third kappa shape index (κ3) is 2.29. The van der Waals surface area contributed by atoms with E-state index in [1.165, 1.54) is 36.7 Å². The number of fused-ring (bicyclic) bond motifs is 1. The topological polar surface area (TPSA) is 8.17 Å². The van der Waals surface area contributed by atoms with Gasteiger partial charge in [0.05, 0.1) is 0 Å². The van der Waals surface area contributed by atoms with E-state index in [0.29, 0.717) is 6.04 Å². The van der Waals surface area contributed by atoms with Crippen LogP contribution in [0.4, 0.5) is 0 Å². The molecule has 0 radical (unpaired) electrons. The Morgan fingerprint density at radius 3 is 3.00 bits per heavy atom. The summed E-state index contributed by atoms with van der Waals surface area (Å²) >= 11 is 4.46. The summed E-state index contributed by atoms with van der Waals surface area (Å²) in [6.07, 6.45) is 6.17. The fourth-order valence-corrected chi connectivity index (χ4v) is 3.18. The van der Waals surface area contributed by atoms with Gasteiger partial charge in [-0.15, -0.1) is 12.6 Å². The molecule has 1 atom stereocenters. The molecule has 18 heavy (non-hydrogen) atoms. The highest BCUT2D eigenvalue weighted by molar-refractivity contribution is 7.80. The van der Waals surface area contributed by atoms with E-state index in [1.807, 2.05) is 0 Å². The lowest BCUT2D eigenvalue weighted by molar-refractivity contribution is 0.301. The van der Waals surface area contributed by atoms with Crippen LogP contribution in [-0.4, -0.2) is 29.6 Å². The van der Waals surface area contributed by atoms with Crippen LogP contribution in [0.1, 0.15) is 25.3 Å². The average Bonchev–Trinajstić information content (AvgIpc) is 2.64. The van der Waals surface area contributed by atoms with Gasteiger partial charge in [0, 0.05) is 29.2 Å². The van der Waals surface area contributed by atoms with E-state index in [4.69, 9.17) is 0 Å². The van der Waals surface area contributed by atoms with Crippen molar-refractivity contribution >= 4 is 23.5 Å². The second kappa shape index (κ2) is 4.98. The molecule has 1 aliphatic rings. The van der Waals surface area contributed by atoms with Crippen LogP contribution in [-0.2, 0) is 0 Å². The molecule has 0 saturated carbocycles. The van der Waals surface area contributed by atoms with E-state index in [-0.39, 0.29) is 0 Å². The molecule has 1 saturated heterocycles. The smallest absolute Gasteiger partial charge is 0.0494 e. The molecule has 0 spiro atoms. The van der Waals surface area contributed by atoms with Crippen molar-refractivity contribution in [2.75, 3.05) is 20.1 Å². The lowest BCUT2D eigenvalue weighted by Gasteiger charge is -2.22. The lowest BCUT2D eigenvalue weighted by atomic mass is 10.1. The summed E-state index contributed by atoms with van der Waals surface area (Å²) in [7, 11) is 2.23. The molecule has 0 amide bonds. The molecule has 1 unspecified atom stereocenters. The van der Waals surface area contributed by atoms with Crippen LogP contribution in [0.25, 0.3) is 10.9 Å². The number of likely N-dealkylation sites (tertiary alicyclic amines) is 1. The van der Waals surface area contributed by atoms with Gasteiger partial charge in [0.15, 0.2) is 0 Å². The maximum atomic E-state index is 4.46. The van der Waals surface area contributed by atoms with Gasteiger partial charge in [-0.3, -0.25) is 0 Å². The number of aromatic nitrogens is 1. The standard InChI is InChI=1S/C15H20N2S/c1-16-8-3-2-4-13(11-16)17-9-7-12-5-6-14(18)10-15(12)17/h5-7,9-10,13,18H,2-4,8,11H2,1H3. The Balaban J connectivity index is 1.99. The Morgan fingerprint density at radius 1 is 1.22 bits per heavy atom. The maximum Gasteiger partial charge on any atom is 0.0494 e. The van der Waals surface area contributed by atoms with Crippen molar-refractivity contribution in [1.82, 2.24) is 9.47 Å². The van der Waals surface area contributed by atoms with E-state index in [1.54, 1.807) is 0 Å². The molecule has 1 aliphatic heterocycles. The molecule has 0 bridgehead atoms. The van der Waals surface area contributed by atoms with Crippen molar-refractivity contribution < 1.29 is 0 Å². The normalized spacial score (nSPS) is 22.2. The summed E-state index contributed by atoms with van der Waals surface area (Å²) in [5.74, 6) is 0. The Morgan fingerprint density at radius 2 is 2.11 bits per heavy atom. The van der Waals surface area contributed by atoms with Crippen molar-refractivity contribution in [1.29, 1.82) is 0 Å². The van der Waals surface area contributed by atoms with E-state index in [2.05, 4.69) is 59.6 Å². The molecule has 1 aromatic heterocycles. The monoisotopic (exact) mass is 260 g/mol. The number of rotatable bonds is 1.